The van der Waals surface area contributed by atoms with Crippen molar-refractivity contribution >= 4 is 22.7 Å². The summed E-state index contributed by atoms with van der Waals surface area (Å²) in [6.45, 7) is 1.95. The van der Waals surface area contributed by atoms with E-state index in [0.29, 0.717) is 16.3 Å². The average molecular weight is 279 g/mol. The maximum Gasteiger partial charge on any atom is 0.346 e. The molecule has 3 aromatic rings. The van der Waals surface area contributed by atoms with Crippen LogP contribution in [0.15, 0.2) is 62.7 Å². The fraction of sp³-hybridized carbons (Fsp3) is 0.0588. The number of aryl methyl sites for hydroxylation is 1. The van der Waals surface area contributed by atoms with E-state index in [0.717, 1.165) is 11.3 Å². The van der Waals surface area contributed by atoms with Crippen LogP contribution in [-0.2, 0) is 0 Å². The molecule has 1 heterocycles. The summed E-state index contributed by atoms with van der Waals surface area (Å²) in [6, 6.07) is 14.6. The van der Waals surface area contributed by atoms with Crippen LogP contribution >= 0.6 is 0 Å². The van der Waals surface area contributed by atoms with Crippen molar-refractivity contribution in [3.8, 4) is 5.95 Å². The van der Waals surface area contributed by atoms with Gasteiger partial charge in [-0.15, -0.1) is 0 Å². The zero-order valence-corrected chi connectivity index (χ0v) is 11.4. The summed E-state index contributed by atoms with van der Waals surface area (Å²) in [4.78, 5) is 16.1. The molecule has 0 fully saturated rings. The van der Waals surface area contributed by atoms with Gasteiger partial charge in [0.15, 0.2) is 0 Å². The Morgan fingerprint density at radius 2 is 1.71 bits per heavy atom. The van der Waals surface area contributed by atoms with Crippen LogP contribution in [0.3, 0.4) is 0 Å². The largest absolute Gasteiger partial charge is 0.480 e. The van der Waals surface area contributed by atoms with Crippen molar-refractivity contribution in [1.82, 2.24) is 0 Å². The van der Waals surface area contributed by atoms with Gasteiger partial charge < -0.3 is 9.52 Å². The Morgan fingerprint density at radius 3 is 2.48 bits per heavy atom. The maximum absolute atomic E-state index is 11.7. The Balaban J connectivity index is 2.17. The van der Waals surface area contributed by atoms with Gasteiger partial charge in [0, 0.05) is 11.6 Å². The van der Waals surface area contributed by atoms with Crippen molar-refractivity contribution in [2.24, 2.45) is 4.99 Å². The molecule has 0 aliphatic carbocycles. The SMILES string of the molecule is Cc1ccccc1N=Cc1c(O)oc(=O)c2ccccc12. The van der Waals surface area contributed by atoms with Crippen LogP contribution in [0, 0.1) is 6.92 Å². The van der Waals surface area contributed by atoms with Crippen molar-refractivity contribution in [2.45, 2.75) is 6.92 Å². The lowest BCUT2D eigenvalue weighted by Crippen LogP contribution is -2.01. The number of hydrogen-bond donors (Lipinski definition) is 1. The van der Waals surface area contributed by atoms with Crippen LogP contribution in [0.2, 0.25) is 0 Å². The molecule has 0 unspecified atom stereocenters. The van der Waals surface area contributed by atoms with Gasteiger partial charge >= 0.3 is 5.63 Å². The second-order valence-corrected chi connectivity index (χ2v) is 4.70. The molecule has 0 amide bonds. The molecule has 2 aromatic carbocycles. The van der Waals surface area contributed by atoms with Crippen LogP contribution in [0.25, 0.3) is 10.8 Å². The lowest BCUT2D eigenvalue weighted by Gasteiger charge is -2.03. The Bertz CT molecular complexity index is 894. The van der Waals surface area contributed by atoms with E-state index < -0.39 is 11.6 Å². The first kappa shape index (κ1) is 13.1. The summed E-state index contributed by atoms with van der Waals surface area (Å²) in [5, 5.41) is 10.9. The third kappa shape index (κ3) is 2.43. The molecule has 0 aliphatic rings. The highest BCUT2D eigenvalue weighted by molar-refractivity contribution is 6.01. The summed E-state index contributed by atoms with van der Waals surface area (Å²) in [6.07, 6.45) is 1.52. The van der Waals surface area contributed by atoms with E-state index >= 15 is 0 Å². The van der Waals surface area contributed by atoms with Gasteiger partial charge in [-0.3, -0.25) is 4.99 Å². The molecular formula is C17H13NO3. The molecule has 0 aliphatic heterocycles. The predicted molar refractivity (Wildman–Crippen MR) is 82.6 cm³/mol. The molecule has 4 nitrogen and oxygen atoms in total. The molecule has 0 radical (unpaired) electrons. The van der Waals surface area contributed by atoms with Gasteiger partial charge in [0.25, 0.3) is 5.95 Å². The van der Waals surface area contributed by atoms with E-state index in [1.807, 2.05) is 31.2 Å². The molecule has 104 valence electrons. The number of aromatic hydroxyl groups is 1. The predicted octanol–water partition coefficient (Wildman–Crippen LogP) is 3.56. The van der Waals surface area contributed by atoms with Gasteiger partial charge in [-0.2, -0.15) is 0 Å². The van der Waals surface area contributed by atoms with Gasteiger partial charge in [0.05, 0.1) is 16.6 Å². The van der Waals surface area contributed by atoms with Crippen molar-refractivity contribution in [3.05, 3.63) is 70.1 Å². The molecule has 4 heteroatoms. The number of benzene rings is 2. The zero-order chi connectivity index (χ0) is 14.8. The van der Waals surface area contributed by atoms with Crippen molar-refractivity contribution in [1.29, 1.82) is 0 Å². The maximum atomic E-state index is 11.7. The van der Waals surface area contributed by atoms with Crippen molar-refractivity contribution in [3.63, 3.8) is 0 Å². The third-order valence-corrected chi connectivity index (χ3v) is 3.31. The fourth-order valence-electron chi connectivity index (χ4n) is 2.18. The molecule has 1 N–H and O–H groups in total. The minimum Gasteiger partial charge on any atom is -0.480 e. The van der Waals surface area contributed by atoms with Crippen molar-refractivity contribution in [2.75, 3.05) is 0 Å². The van der Waals surface area contributed by atoms with E-state index in [2.05, 4.69) is 4.99 Å². The molecule has 0 saturated carbocycles. The van der Waals surface area contributed by atoms with Crippen LogP contribution in [0.1, 0.15) is 11.1 Å². The molecule has 0 spiro atoms. The fourth-order valence-corrected chi connectivity index (χ4v) is 2.18. The number of fused-ring (bicyclic) bond motifs is 1. The summed E-state index contributed by atoms with van der Waals surface area (Å²) in [5.41, 5.74) is 1.66. The van der Waals surface area contributed by atoms with Gasteiger partial charge in [-0.1, -0.05) is 36.4 Å². The summed E-state index contributed by atoms with van der Waals surface area (Å²) in [7, 11) is 0. The smallest absolute Gasteiger partial charge is 0.346 e. The minimum atomic E-state index is -0.559. The van der Waals surface area contributed by atoms with Gasteiger partial charge in [-0.05, 0) is 24.6 Å². The third-order valence-electron chi connectivity index (χ3n) is 3.31. The number of hydrogen-bond acceptors (Lipinski definition) is 4. The zero-order valence-electron chi connectivity index (χ0n) is 11.4. The highest BCUT2D eigenvalue weighted by Gasteiger charge is 2.10. The second kappa shape index (κ2) is 5.25. The first-order valence-corrected chi connectivity index (χ1v) is 6.51. The second-order valence-electron chi connectivity index (χ2n) is 4.70. The Morgan fingerprint density at radius 1 is 1.05 bits per heavy atom. The molecule has 3 rings (SSSR count). The number of para-hydroxylation sites is 1. The standard InChI is InChI=1S/C17H13NO3/c1-11-6-2-5-9-15(11)18-10-14-12-7-3-4-8-13(12)16(19)21-17(14)20/h2-10,20H,1H3. The molecule has 0 bridgehead atoms. The minimum absolute atomic E-state index is 0.397. The topological polar surface area (TPSA) is 62.8 Å². The first-order valence-electron chi connectivity index (χ1n) is 6.51. The molecular weight excluding hydrogens is 266 g/mol. The van der Waals surface area contributed by atoms with E-state index in [1.54, 1.807) is 24.3 Å². The monoisotopic (exact) mass is 279 g/mol. The van der Waals surface area contributed by atoms with Gasteiger partial charge in [-0.25, -0.2) is 4.79 Å². The van der Waals surface area contributed by atoms with Gasteiger partial charge in [0.1, 0.15) is 0 Å². The van der Waals surface area contributed by atoms with E-state index in [1.165, 1.54) is 6.21 Å². The molecule has 1 aromatic heterocycles. The first-order chi connectivity index (χ1) is 10.2. The van der Waals surface area contributed by atoms with Crippen LogP contribution in [-0.4, -0.2) is 11.3 Å². The quantitative estimate of drug-likeness (QED) is 0.729. The van der Waals surface area contributed by atoms with Crippen molar-refractivity contribution < 1.29 is 9.52 Å². The Kier molecular flexibility index (Phi) is 3.28. The molecule has 0 atom stereocenters. The summed E-state index contributed by atoms with van der Waals surface area (Å²) >= 11 is 0. The number of rotatable bonds is 2. The molecule has 21 heavy (non-hydrogen) atoms. The average Bonchev–Trinajstić information content (AvgIpc) is 2.49. The Hall–Kier alpha value is -2.88. The number of aliphatic imine (C=N–C) groups is 1. The van der Waals surface area contributed by atoms with E-state index in [-0.39, 0.29) is 0 Å². The van der Waals surface area contributed by atoms with Crippen LogP contribution < -0.4 is 5.63 Å². The summed E-state index contributed by atoms with van der Waals surface area (Å²) in [5.74, 6) is -0.420. The lowest BCUT2D eigenvalue weighted by atomic mass is 10.1. The molecule has 0 saturated heterocycles. The number of nitrogens with zero attached hydrogens (tertiary/aromatic N) is 1. The van der Waals surface area contributed by atoms with Crippen LogP contribution in [0.5, 0.6) is 5.95 Å². The summed E-state index contributed by atoms with van der Waals surface area (Å²) < 4.78 is 4.85. The Labute approximate surface area is 121 Å². The van der Waals surface area contributed by atoms with E-state index in [9.17, 15) is 9.90 Å². The van der Waals surface area contributed by atoms with E-state index in [4.69, 9.17) is 4.42 Å². The normalized spacial score (nSPS) is 11.3. The lowest BCUT2D eigenvalue weighted by molar-refractivity contribution is 0.312. The highest BCUT2D eigenvalue weighted by Crippen LogP contribution is 2.24. The highest BCUT2D eigenvalue weighted by atomic mass is 16.5. The van der Waals surface area contributed by atoms with Gasteiger partial charge in [0.2, 0.25) is 0 Å². The van der Waals surface area contributed by atoms with Crippen LogP contribution in [0.4, 0.5) is 5.69 Å².